The van der Waals surface area contributed by atoms with E-state index in [1.54, 1.807) is 11.3 Å². The van der Waals surface area contributed by atoms with E-state index in [0.29, 0.717) is 10.8 Å². The zero-order valence-electron chi connectivity index (χ0n) is 12.7. The first-order valence-corrected chi connectivity index (χ1v) is 8.03. The number of aromatic nitrogens is 2. The van der Waals surface area contributed by atoms with Crippen molar-refractivity contribution in [2.45, 2.75) is 33.1 Å². The molecular weight excluding hydrogens is 300 g/mol. The van der Waals surface area contributed by atoms with Crippen molar-refractivity contribution in [3.8, 4) is 0 Å². The van der Waals surface area contributed by atoms with Gasteiger partial charge < -0.3 is 11.1 Å². The molecule has 21 heavy (non-hydrogen) atoms. The van der Waals surface area contributed by atoms with E-state index in [1.807, 2.05) is 13.8 Å². The van der Waals surface area contributed by atoms with Gasteiger partial charge in [-0.25, -0.2) is 0 Å². The van der Waals surface area contributed by atoms with Crippen molar-refractivity contribution >= 4 is 34.4 Å². The fourth-order valence-electron chi connectivity index (χ4n) is 2.09. The van der Waals surface area contributed by atoms with Gasteiger partial charge in [0.1, 0.15) is 4.99 Å². The fraction of sp³-hybridized carbons (Fsp3) is 0.400. The van der Waals surface area contributed by atoms with Gasteiger partial charge in [-0.2, -0.15) is 5.10 Å². The summed E-state index contributed by atoms with van der Waals surface area (Å²) in [6, 6.07) is 4.21. The maximum absolute atomic E-state index is 5.84. The number of aryl methyl sites for hydroxylation is 1. The van der Waals surface area contributed by atoms with Crippen LogP contribution in [0.2, 0.25) is 0 Å². The van der Waals surface area contributed by atoms with Gasteiger partial charge in [0, 0.05) is 16.8 Å². The van der Waals surface area contributed by atoms with E-state index in [4.69, 9.17) is 18.0 Å². The third kappa shape index (κ3) is 3.39. The summed E-state index contributed by atoms with van der Waals surface area (Å²) in [6.07, 6.45) is 0. The molecule has 0 aliphatic heterocycles. The number of nitrogens with two attached hydrogens (primary N) is 1. The second-order valence-corrected chi connectivity index (χ2v) is 7.10. The second-order valence-electron chi connectivity index (χ2n) is 5.71. The highest BCUT2D eigenvalue weighted by Crippen LogP contribution is 2.28. The smallest absolute Gasteiger partial charge is 0.159 e. The molecule has 112 valence electrons. The molecule has 2 heterocycles. The molecule has 0 aliphatic rings. The molecule has 0 amide bonds. The van der Waals surface area contributed by atoms with Crippen molar-refractivity contribution in [2.75, 3.05) is 11.9 Å². The molecule has 4 nitrogen and oxygen atoms in total. The molecule has 0 atom stereocenters. The number of nitrogens with one attached hydrogen (secondary N) is 1. The van der Waals surface area contributed by atoms with Crippen LogP contribution in [0.4, 0.5) is 5.82 Å². The van der Waals surface area contributed by atoms with E-state index in [1.165, 1.54) is 4.88 Å². The van der Waals surface area contributed by atoms with Gasteiger partial charge in [0.15, 0.2) is 5.82 Å². The highest BCUT2D eigenvalue weighted by molar-refractivity contribution is 7.80. The van der Waals surface area contributed by atoms with E-state index >= 15 is 0 Å². The number of hydrogen-bond donors (Lipinski definition) is 2. The van der Waals surface area contributed by atoms with E-state index in [-0.39, 0.29) is 5.41 Å². The van der Waals surface area contributed by atoms with Crippen LogP contribution in [-0.2, 0) is 5.41 Å². The number of nitrogens with zero attached hydrogens (tertiary/aromatic N) is 2. The zero-order chi connectivity index (χ0) is 15.6. The molecule has 0 unspecified atom stereocenters. The van der Waals surface area contributed by atoms with Crippen LogP contribution in [0.3, 0.4) is 0 Å². The predicted octanol–water partition coefficient (Wildman–Crippen LogP) is 3.18. The molecule has 0 fully saturated rings. The Hall–Kier alpha value is -1.53. The molecule has 0 saturated heterocycles. The SMILES string of the molecule is Cc1nnc(NCC(C)(C)c2cccs2)c(C(N)=S)c1C. The van der Waals surface area contributed by atoms with Crippen LogP contribution in [0.15, 0.2) is 17.5 Å². The van der Waals surface area contributed by atoms with E-state index in [9.17, 15) is 0 Å². The molecule has 0 spiro atoms. The van der Waals surface area contributed by atoms with Crippen LogP contribution in [0.1, 0.15) is 35.5 Å². The molecule has 0 aliphatic carbocycles. The third-order valence-corrected chi connectivity index (χ3v) is 5.03. The van der Waals surface area contributed by atoms with Crippen LogP contribution < -0.4 is 11.1 Å². The molecule has 0 bridgehead atoms. The normalized spacial score (nSPS) is 11.4. The fourth-order valence-corrected chi connectivity index (χ4v) is 3.19. The first-order chi connectivity index (χ1) is 9.83. The number of thiocarbonyl (C=S) groups is 1. The lowest BCUT2D eigenvalue weighted by Gasteiger charge is -2.24. The Bertz CT molecular complexity index is 648. The Labute approximate surface area is 134 Å². The summed E-state index contributed by atoms with van der Waals surface area (Å²) in [5.41, 5.74) is 8.47. The summed E-state index contributed by atoms with van der Waals surface area (Å²) in [7, 11) is 0. The van der Waals surface area contributed by atoms with E-state index in [2.05, 4.69) is 46.9 Å². The van der Waals surface area contributed by atoms with E-state index < -0.39 is 0 Å². The Morgan fingerprint density at radius 1 is 1.38 bits per heavy atom. The van der Waals surface area contributed by atoms with Crippen LogP contribution in [0.5, 0.6) is 0 Å². The van der Waals surface area contributed by atoms with Gasteiger partial charge >= 0.3 is 0 Å². The van der Waals surface area contributed by atoms with Crippen LogP contribution in [0.25, 0.3) is 0 Å². The summed E-state index contributed by atoms with van der Waals surface area (Å²) in [6.45, 7) is 9.00. The van der Waals surface area contributed by atoms with Crippen LogP contribution in [0, 0.1) is 13.8 Å². The topological polar surface area (TPSA) is 63.8 Å². The van der Waals surface area contributed by atoms with Gasteiger partial charge in [0.2, 0.25) is 0 Å². The number of thiophene rings is 1. The van der Waals surface area contributed by atoms with Crippen LogP contribution >= 0.6 is 23.6 Å². The summed E-state index contributed by atoms with van der Waals surface area (Å²) in [4.78, 5) is 1.67. The van der Waals surface area contributed by atoms with Gasteiger partial charge in [-0.15, -0.1) is 16.4 Å². The maximum atomic E-state index is 5.84. The molecule has 0 aromatic carbocycles. The van der Waals surface area contributed by atoms with Gasteiger partial charge in [0.05, 0.1) is 11.3 Å². The largest absolute Gasteiger partial charge is 0.389 e. The van der Waals surface area contributed by atoms with Gasteiger partial charge in [0.25, 0.3) is 0 Å². The van der Waals surface area contributed by atoms with Crippen molar-refractivity contribution < 1.29 is 0 Å². The minimum absolute atomic E-state index is 0.00211. The summed E-state index contributed by atoms with van der Waals surface area (Å²) < 4.78 is 0. The molecule has 2 aromatic heterocycles. The summed E-state index contributed by atoms with van der Waals surface area (Å²) in [5.74, 6) is 0.662. The van der Waals surface area contributed by atoms with Crippen molar-refractivity contribution in [2.24, 2.45) is 5.73 Å². The average Bonchev–Trinajstić information content (AvgIpc) is 2.94. The second kappa shape index (κ2) is 6.07. The molecule has 0 radical (unpaired) electrons. The first kappa shape index (κ1) is 15.9. The highest BCUT2D eigenvalue weighted by Gasteiger charge is 2.23. The number of hydrogen-bond acceptors (Lipinski definition) is 5. The standard InChI is InChI=1S/C15H20N4S2/c1-9-10(2)18-19-14(12(9)13(16)20)17-8-15(3,4)11-6-5-7-21-11/h5-7H,8H2,1-4H3,(H2,16,20)(H,17,19). The molecular formula is C15H20N4S2. The van der Waals surface area contributed by atoms with Gasteiger partial charge in [-0.3, -0.25) is 0 Å². The van der Waals surface area contributed by atoms with Crippen molar-refractivity contribution in [1.82, 2.24) is 10.2 Å². The van der Waals surface area contributed by atoms with Crippen LogP contribution in [-0.4, -0.2) is 21.7 Å². The average molecular weight is 320 g/mol. The molecule has 3 N–H and O–H groups in total. The molecule has 2 rings (SSSR count). The highest BCUT2D eigenvalue weighted by atomic mass is 32.1. The maximum Gasteiger partial charge on any atom is 0.159 e. The van der Waals surface area contributed by atoms with Crippen molar-refractivity contribution in [1.29, 1.82) is 0 Å². The Kier molecular flexibility index (Phi) is 4.58. The Morgan fingerprint density at radius 2 is 2.10 bits per heavy atom. The summed E-state index contributed by atoms with van der Waals surface area (Å²) in [5, 5.41) is 13.8. The van der Waals surface area contributed by atoms with E-state index in [0.717, 1.165) is 23.4 Å². The van der Waals surface area contributed by atoms with Gasteiger partial charge in [-0.05, 0) is 30.9 Å². The Morgan fingerprint density at radius 3 is 2.67 bits per heavy atom. The first-order valence-electron chi connectivity index (χ1n) is 6.74. The zero-order valence-corrected chi connectivity index (χ0v) is 14.4. The quantitative estimate of drug-likeness (QED) is 0.829. The minimum Gasteiger partial charge on any atom is -0.389 e. The summed E-state index contributed by atoms with van der Waals surface area (Å²) >= 11 is 6.91. The van der Waals surface area contributed by atoms with Crippen molar-refractivity contribution in [3.63, 3.8) is 0 Å². The lowest BCUT2D eigenvalue weighted by Crippen LogP contribution is -2.28. The monoisotopic (exact) mass is 320 g/mol. The lowest BCUT2D eigenvalue weighted by molar-refractivity contribution is 0.567. The molecule has 0 saturated carbocycles. The lowest BCUT2D eigenvalue weighted by atomic mass is 9.91. The number of anilines is 1. The Balaban J connectivity index is 2.25. The number of rotatable bonds is 5. The third-order valence-electron chi connectivity index (χ3n) is 3.59. The minimum atomic E-state index is 0.00211. The molecule has 2 aromatic rings. The molecule has 6 heteroatoms. The van der Waals surface area contributed by atoms with Gasteiger partial charge in [-0.1, -0.05) is 32.1 Å². The predicted molar refractivity (Wildman–Crippen MR) is 93.2 cm³/mol. The van der Waals surface area contributed by atoms with Crippen molar-refractivity contribution in [3.05, 3.63) is 39.2 Å².